The zero-order valence-electron chi connectivity index (χ0n) is 13.8. The number of rotatable bonds is 9. The average Bonchev–Trinajstić information content (AvgIpc) is 2.47. The second-order valence-electron chi connectivity index (χ2n) is 6.78. The third-order valence-electron chi connectivity index (χ3n) is 5.29. The lowest BCUT2D eigenvalue weighted by atomic mass is 9.65. The van der Waals surface area contributed by atoms with E-state index in [1.165, 1.54) is 44.1 Å². The van der Waals surface area contributed by atoms with Crippen molar-refractivity contribution >= 4 is 0 Å². The monoisotopic (exact) mass is 288 g/mol. The van der Waals surface area contributed by atoms with Gasteiger partial charge in [0.1, 0.15) is 0 Å². The van der Waals surface area contributed by atoms with E-state index in [2.05, 4.69) is 49.5 Å². The van der Waals surface area contributed by atoms with E-state index < -0.39 is 0 Å². The van der Waals surface area contributed by atoms with Crippen molar-refractivity contribution in [3.8, 4) is 0 Å². The maximum absolute atomic E-state index is 6.69. The highest BCUT2D eigenvalue weighted by atomic mass is 14.9. The van der Waals surface area contributed by atoms with Crippen LogP contribution in [0.3, 0.4) is 0 Å². The van der Waals surface area contributed by atoms with Crippen molar-refractivity contribution in [3.63, 3.8) is 0 Å². The predicted molar refractivity (Wildman–Crippen MR) is 91.1 cm³/mol. The summed E-state index contributed by atoms with van der Waals surface area (Å²) in [6, 6.07) is 11.3. The number of hydrogen-bond donors (Lipinski definition) is 2. The molecule has 21 heavy (non-hydrogen) atoms. The molecule has 3 N–H and O–H groups in total. The quantitative estimate of drug-likeness (QED) is 0.667. The summed E-state index contributed by atoms with van der Waals surface area (Å²) < 4.78 is 0. The van der Waals surface area contributed by atoms with Gasteiger partial charge < -0.3 is 11.1 Å². The van der Waals surface area contributed by atoms with Gasteiger partial charge in [0, 0.05) is 18.1 Å². The van der Waals surface area contributed by atoms with Gasteiger partial charge in [-0.2, -0.15) is 0 Å². The van der Waals surface area contributed by atoms with Crippen LogP contribution in [0.1, 0.15) is 64.4 Å². The van der Waals surface area contributed by atoms with E-state index in [4.69, 9.17) is 5.73 Å². The van der Waals surface area contributed by atoms with Crippen LogP contribution in [0.5, 0.6) is 0 Å². The fourth-order valence-electron chi connectivity index (χ4n) is 3.49. The third kappa shape index (κ3) is 4.55. The highest BCUT2D eigenvalue weighted by molar-refractivity contribution is 5.14. The minimum Gasteiger partial charge on any atom is -0.325 e. The first-order chi connectivity index (χ1) is 10.2. The van der Waals surface area contributed by atoms with Gasteiger partial charge in [-0.05, 0) is 37.2 Å². The molecule has 2 rings (SSSR count). The van der Waals surface area contributed by atoms with Crippen molar-refractivity contribution in [2.45, 2.75) is 76.9 Å². The van der Waals surface area contributed by atoms with Crippen LogP contribution in [-0.2, 0) is 6.54 Å². The van der Waals surface area contributed by atoms with Crippen LogP contribution in [0, 0.1) is 5.92 Å². The lowest BCUT2D eigenvalue weighted by molar-refractivity contribution is 0.107. The first kappa shape index (κ1) is 16.5. The molecule has 1 fully saturated rings. The van der Waals surface area contributed by atoms with E-state index in [0.29, 0.717) is 12.0 Å². The highest BCUT2D eigenvalue weighted by Crippen LogP contribution is 2.39. The Morgan fingerprint density at radius 1 is 1.14 bits per heavy atom. The van der Waals surface area contributed by atoms with E-state index in [0.717, 1.165) is 13.0 Å². The van der Waals surface area contributed by atoms with Crippen molar-refractivity contribution in [1.82, 2.24) is 5.32 Å². The van der Waals surface area contributed by atoms with Crippen molar-refractivity contribution < 1.29 is 0 Å². The zero-order valence-corrected chi connectivity index (χ0v) is 13.8. The molecule has 0 radical (unpaired) electrons. The second kappa shape index (κ2) is 7.95. The van der Waals surface area contributed by atoms with E-state index >= 15 is 0 Å². The number of nitrogens with two attached hydrogens (primary N) is 1. The Morgan fingerprint density at radius 2 is 1.86 bits per heavy atom. The van der Waals surface area contributed by atoms with Crippen LogP contribution >= 0.6 is 0 Å². The third-order valence-corrected chi connectivity index (χ3v) is 5.29. The molecule has 0 heterocycles. The summed E-state index contributed by atoms with van der Waals surface area (Å²) in [7, 11) is 0. The maximum Gasteiger partial charge on any atom is 0.0208 e. The standard InChI is InChI=1S/C19H32N2/c1-3-5-9-12-19(20,4-2)17-13-18(14-17)21-15-16-10-7-6-8-11-16/h6-8,10-11,17-18,21H,3-5,9,12-15,20H2,1-2H3. The molecular weight excluding hydrogens is 256 g/mol. The molecule has 0 aliphatic heterocycles. The Labute approximate surface area is 130 Å². The van der Waals surface area contributed by atoms with Crippen molar-refractivity contribution in [1.29, 1.82) is 0 Å². The summed E-state index contributed by atoms with van der Waals surface area (Å²) in [5, 5.41) is 3.67. The highest BCUT2D eigenvalue weighted by Gasteiger charge is 2.41. The van der Waals surface area contributed by atoms with Gasteiger partial charge in [-0.25, -0.2) is 0 Å². The average molecular weight is 288 g/mol. The molecule has 0 bridgehead atoms. The van der Waals surface area contributed by atoms with Gasteiger partial charge in [0.25, 0.3) is 0 Å². The molecule has 1 aromatic rings. The van der Waals surface area contributed by atoms with E-state index in [1.807, 2.05) is 0 Å². The van der Waals surface area contributed by atoms with Gasteiger partial charge in [0.15, 0.2) is 0 Å². The van der Waals surface area contributed by atoms with Gasteiger partial charge >= 0.3 is 0 Å². The summed E-state index contributed by atoms with van der Waals surface area (Å²) in [5.74, 6) is 0.715. The predicted octanol–water partition coefficient (Wildman–Crippen LogP) is 4.24. The van der Waals surface area contributed by atoms with Gasteiger partial charge in [-0.3, -0.25) is 0 Å². The molecule has 1 aromatic carbocycles. The van der Waals surface area contributed by atoms with Crippen LogP contribution in [0.25, 0.3) is 0 Å². The van der Waals surface area contributed by atoms with Crippen LogP contribution in [-0.4, -0.2) is 11.6 Å². The Bertz CT molecular complexity index is 397. The molecule has 2 heteroatoms. The van der Waals surface area contributed by atoms with Gasteiger partial charge in [0.05, 0.1) is 0 Å². The first-order valence-corrected chi connectivity index (χ1v) is 8.74. The van der Waals surface area contributed by atoms with Crippen LogP contribution in [0.15, 0.2) is 30.3 Å². The normalized spacial score (nSPS) is 24.3. The van der Waals surface area contributed by atoms with Crippen LogP contribution in [0.4, 0.5) is 0 Å². The lowest BCUT2D eigenvalue weighted by Gasteiger charge is -2.47. The smallest absolute Gasteiger partial charge is 0.0208 e. The molecule has 2 nitrogen and oxygen atoms in total. The summed E-state index contributed by atoms with van der Waals surface area (Å²) in [6.07, 6.45) is 8.72. The van der Waals surface area contributed by atoms with E-state index in [-0.39, 0.29) is 5.54 Å². The topological polar surface area (TPSA) is 38.0 Å². The fraction of sp³-hybridized carbons (Fsp3) is 0.684. The van der Waals surface area contributed by atoms with Crippen LogP contribution < -0.4 is 11.1 Å². The Hall–Kier alpha value is -0.860. The van der Waals surface area contributed by atoms with E-state index in [9.17, 15) is 0 Å². The summed E-state index contributed by atoms with van der Waals surface area (Å²) in [4.78, 5) is 0. The van der Waals surface area contributed by atoms with Gasteiger partial charge in [-0.15, -0.1) is 0 Å². The SMILES string of the molecule is CCCCCC(N)(CC)C1CC(NCc2ccccc2)C1. The van der Waals surface area contributed by atoms with Gasteiger partial charge in [-0.1, -0.05) is 63.4 Å². The summed E-state index contributed by atoms with van der Waals surface area (Å²) in [5.41, 5.74) is 8.14. The number of benzene rings is 1. The Kier molecular flexibility index (Phi) is 6.25. The van der Waals surface area contributed by atoms with Crippen molar-refractivity contribution in [3.05, 3.63) is 35.9 Å². The summed E-state index contributed by atoms with van der Waals surface area (Å²) >= 11 is 0. The largest absolute Gasteiger partial charge is 0.325 e. The molecule has 1 atom stereocenters. The number of nitrogens with one attached hydrogen (secondary N) is 1. The van der Waals surface area contributed by atoms with Crippen molar-refractivity contribution in [2.24, 2.45) is 11.7 Å². The van der Waals surface area contributed by atoms with Gasteiger partial charge in [0.2, 0.25) is 0 Å². The molecule has 118 valence electrons. The molecule has 0 spiro atoms. The zero-order chi connectivity index (χ0) is 15.1. The van der Waals surface area contributed by atoms with E-state index in [1.54, 1.807) is 0 Å². The Morgan fingerprint density at radius 3 is 2.48 bits per heavy atom. The minimum atomic E-state index is 0.0834. The minimum absolute atomic E-state index is 0.0834. The van der Waals surface area contributed by atoms with Crippen LogP contribution in [0.2, 0.25) is 0 Å². The fourth-order valence-corrected chi connectivity index (χ4v) is 3.49. The lowest BCUT2D eigenvalue weighted by Crippen LogP contribution is -2.56. The second-order valence-corrected chi connectivity index (χ2v) is 6.78. The molecule has 1 unspecified atom stereocenters. The molecule has 0 saturated heterocycles. The molecule has 1 aliphatic rings. The molecule has 0 aromatic heterocycles. The number of unbranched alkanes of at least 4 members (excludes halogenated alkanes) is 2. The molecule has 1 aliphatic carbocycles. The molecular formula is C19H32N2. The Balaban J connectivity index is 1.71. The molecule has 0 amide bonds. The maximum atomic E-state index is 6.69. The summed E-state index contributed by atoms with van der Waals surface area (Å²) in [6.45, 7) is 5.51. The molecule has 1 saturated carbocycles. The van der Waals surface area contributed by atoms with Crippen molar-refractivity contribution in [2.75, 3.05) is 0 Å². The first-order valence-electron chi connectivity index (χ1n) is 8.74. The number of hydrogen-bond acceptors (Lipinski definition) is 2.